The summed E-state index contributed by atoms with van der Waals surface area (Å²) in [5, 5.41) is 4.31. The fourth-order valence-corrected chi connectivity index (χ4v) is 3.52. The minimum Gasteiger partial charge on any atom is -0.351 e. The summed E-state index contributed by atoms with van der Waals surface area (Å²) in [6.07, 6.45) is 1.83. The molecule has 4 heteroatoms. The van der Waals surface area contributed by atoms with Crippen molar-refractivity contribution in [3.8, 4) is 0 Å². The Bertz CT molecular complexity index is 1010. The molecule has 3 aromatic rings. The van der Waals surface area contributed by atoms with Crippen LogP contribution < -0.4 is 5.32 Å². The lowest BCUT2D eigenvalue weighted by atomic mass is 9.82. The largest absolute Gasteiger partial charge is 0.351 e. The van der Waals surface area contributed by atoms with Gasteiger partial charge in [0.15, 0.2) is 0 Å². The number of benzene rings is 1. The number of hydrogen-bond acceptors (Lipinski definition) is 2. The maximum Gasteiger partial charge on any atom is 0.230 e. The van der Waals surface area contributed by atoms with E-state index in [-0.39, 0.29) is 11.4 Å². The van der Waals surface area contributed by atoms with E-state index in [4.69, 9.17) is 0 Å². The molecule has 1 N–H and O–H groups in total. The number of hydrogen-bond donors (Lipinski definition) is 1. The molecular formula is C24H31N3O. The normalized spacial score (nSPS) is 12.4. The first-order valence-corrected chi connectivity index (χ1v) is 9.83. The summed E-state index contributed by atoms with van der Waals surface area (Å²) in [6, 6.07) is 12.4. The summed E-state index contributed by atoms with van der Waals surface area (Å²) in [5.41, 5.74) is 4.87. The Balaban J connectivity index is 2.03. The molecule has 0 bridgehead atoms. The second-order valence-corrected chi connectivity index (χ2v) is 9.18. The van der Waals surface area contributed by atoms with Gasteiger partial charge in [-0.1, -0.05) is 12.1 Å². The zero-order chi connectivity index (χ0) is 20.7. The number of rotatable bonds is 4. The highest BCUT2D eigenvalue weighted by Gasteiger charge is 2.32. The Morgan fingerprint density at radius 2 is 1.79 bits per heavy atom. The predicted octanol–water partition coefficient (Wildman–Crippen LogP) is 4.89. The lowest BCUT2D eigenvalue weighted by Gasteiger charge is -2.30. The van der Waals surface area contributed by atoms with Gasteiger partial charge < -0.3 is 9.88 Å². The molecule has 3 rings (SSSR count). The van der Waals surface area contributed by atoms with Gasteiger partial charge in [0.1, 0.15) is 0 Å². The second kappa shape index (κ2) is 7.08. The van der Waals surface area contributed by atoms with Crippen molar-refractivity contribution in [2.24, 2.45) is 0 Å². The molecule has 28 heavy (non-hydrogen) atoms. The molecular weight excluding hydrogens is 346 g/mol. The van der Waals surface area contributed by atoms with E-state index in [2.05, 4.69) is 53.0 Å². The second-order valence-electron chi connectivity index (χ2n) is 9.18. The predicted molar refractivity (Wildman–Crippen MR) is 116 cm³/mol. The number of nitrogens with zero attached hydrogens (tertiary/aromatic N) is 2. The van der Waals surface area contributed by atoms with Gasteiger partial charge in [-0.2, -0.15) is 0 Å². The Kier molecular flexibility index (Phi) is 5.09. The molecule has 2 heterocycles. The molecule has 0 aliphatic heterocycles. The van der Waals surface area contributed by atoms with Crippen molar-refractivity contribution < 1.29 is 4.79 Å². The van der Waals surface area contributed by atoms with Gasteiger partial charge in [0, 0.05) is 28.3 Å². The highest BCUT2D eigenvalue weighted by atomic mass is 16.2. The van der Waals surface area contributed by atoms with Crippen LogP contribution in [0.1, 0.15) is 57.1 Å². The first kappa shape index (κ1) is 20.1. The molecule has 0 radical (unpaired) electrons. The maximum absolute atomic E-state index is 12.9. The number of nitrogens with one attached hydrogen (secondary N) is 1. The zero-order valence-corrected chi connectivity index (χ0v) is 18.1. The van der Waals surface area contributed by atoms with E-state index >= 15 is 0 Å². The zero-order valence-electron chi connectivity index (χ0n) is 18.1. The van der Waals surface area contributed by atoms with Gasteiger partial charge in [0.05, 0.1) is 17.7 Å². The van der Waals surface area contributed by atoms with E-state index in [0.29, 0.717) is 0 Å². The average molecular weight is 378 g/mol. The van der Waals surface area contributed by atoms with Crippen molar-refractivity contribution in [3.05, 3.63) is 65.1 Å². The first-order chi connectivity index (χ1) is 13.0. The van der Waals surface area contributed by atoms with E-state index in [1.165, 1.54) is 22.2 Å². The molecule has 148 valence electrons. The first-order valence-electron chi connectivity index (χ1n) is 9.83. The number of aromatic nitrogens is 2. The Hall–Kier alpha value is -2.62. The summed E-state index contributed by atoms with van der Waals surface area (Å²) in [6.45, 7) is 15.0. The molecule has 1 amide bonds. The van der Waals surface area contributed by atoms with E-state index in [1.54, 1.807) is 0 Å². The van der Waals surface area contributed by atoms with Crippen LogP contribution in [-0.2, 0) is 16.8 Å². The number of carbonyl (C=O) groups excluding carboxylic acids is 1. The number of aryl methyl sites for hydroxylation is 1. The highest BCUT2D eigenvalue weighted by molar-refractivity contribution is 5.91. The van der Waals surface area contributed by atoms with Crippen molar-refractivity contribution in [3.63, 3.8) is 0 Å². The minimum atomic E-state index is -0.606. The lowest BCUT2D eigenvalue weighted by Crippen LogP contribution is -2.48. The third kappa shape index (κ3) is 3.82. The summed E-state index contributed by atoms with van der Waals surface area (Å²) in [7, 11) is 0. The van der Waals surface area contributed by atoms with Crippen LogP contribution in [0.25, 0.3) is 10.9 Å². The van der Waals surface area contributed by atoms with Gasteiger partial charge in [-0.05, 0) is 83.9 Å². The van der Waals surface area contributed by atoms with Gasteiger partial charge in [-0.25, -0.2) is 0 Å². The fourth-order valence-electron chi connectivity index (χ4n) is 3.52. The van der Waals surface area contributed by atoms with Crippen molar-refractivity contribution in [1.29, 1.82) is 0 Å². The molecule has 0 aliphatic rings. The Morgan fingerprint density at radius 3 is 2.39 bits per heavy atom. The van der Waals surface area contributed by atoms with Gasteiger partial charge in [-0.15, -0.1) is 0 Å². The van der Waals surface area contributed by atoms with E-state index < -0.39 is 5.41 Å². The minimum absolute atomic E-state index is 0.0432. The standard InChI is InChI=1S/C24H31N3O/c1-16-17(2)27(15-19-10-8-9-13-25-19)21-12-11-18(14-20(16)21)24(6,7)22(28)26-23(3,4)5/h8-14H,15H2,1-7H3,(H,26,28). The van der Waals surface area contributed by atoms with Crippen LogP contribution in [0.5, 0.6) is 0 Å². The summed E-state index contributed by atoms with van der Waals surface area (Å²) in [5.74, 6) is 0.0432. The van der Waals surface area contributed by atoms with Gasteiger partial charge in [0.2, 0.25) is 5.91 Å². The van der Waals surface area contributed by atoms with Crippen LogP contribution in [0, 0.1) is 13.8 Å². The van der Waals surface area contributed by atoms with Gasteiger partial charge in [0.25, 0.3) is 0 Å². The Morgan fingerprint density at radius 1 is 1.07 bits per heavy atom. The van der Waals surface area contributed by atoms with Crippen LogP contribution in [0.15, 0.2) is 42.6 Å². The van der Waals surface area contributed by atoms with Crippen LogP contribution >= 0.6 is 0 Å². The summed E-state index contributed by atoms with van der Waals surface area (Å²) >= 11 is 0. The smallest absolute Gasteiger partial charge is 0.230 e. The summed E-state index contributed by atoms with van der Waals surface area (Å²) < 4.78 is 2.30. The van der Waals surface area contributed by atoms with Gasteiger partial charge in [-0.3, -0.25) is 9.78 Å². The molecule has 0 aliphatic carbocycles. The van der Waals surface area contributed by atoms with Crippen LogP contribution in [-0.4, -0.2) is 21.0 Å². The fraction of sp³-hybridized carbons (Fsp3) is 0.417. The molecule has 0 unspecified atom stereocenters. The number of amides is 1. The topological polar surface area (TPSA) is 46.9 Å². The third-order valence-corrected chi connectivity index (χ3v) is 5.46. The van der Waals surface area contributed by atoms with Crippen molar-refractivity contribution in [2.75, 3.05) is 0 Å². The number of carbonyl (C=O) groups is 1. The van der Waals surface area contributed by atoms with E-state index in [0.717, 1.165) is 17.8 Å². The molecule has 4 nitrogen and oxygen atoms in total. The SMILES string of the molecule is Cc1c(C)n(Cc2ccccn2)c2ccc(C(C)(C)C(=O)NC(C)(C)C)cc12. The molecule has 2 aromatic heterocycles. The van der Waals surface area contributed by atoms with Crippen LogP contribution in [0.2, 0.25) is 0 Å². The molecule has 1 aromatic carbocycles. The van der Waals surface area contributed by atoms with Crippen LogP contribution in [0.4, 0.5) is 0 Å². The van der Waals surface area contributed by atoms with Crippen molar-refractivity contribution >= 4 is 16.8 Å². The van der Waals surface area contributed by atoms with E-state index in [1.807, 2.05) is 52.9 Å². The van der Waals surface area contributed by atoms with Crippen molar-refractivity contribution in [2.45, 2.75) is 66.0 Å². The molecule has 0 fully saturated rings. The monoisotopic (exact) mass is 377 g/mol. The van der Waals surface area contributed by atoms with Crippen molar-refractivity contribution in [1.82, 2.24) is 14.9 Å². The third-order valence-electron chi connectivity index (χ3n) is 5.46. The van der Waals surface area contributed by atoms with Crippen LogP contribution in [0.3, 0.4) is 0 Å². The highest BCUT2D eigenvalue weighted by Crippen LogP contribution is 2.32. The summed E-state index contributed by atoms with van der Waals surface area (Å²) in [4.78, 5) is 17.4. The number of pyridine rings is 1. The molecule has 0 atom stereocenters. The molecule has 0 spiro atoms. The average Bonchev–Trinajstić information content (AvgIpc) is 2.86. The van der Waals surface area contributed by atoms with Gasteiger partial charge >= 0.3 is 0 Å². The van der Waals surface area contributed by atoms with E-state index in [9.17, 15) is 4.79 Å². The molecule has 0 saturated carbocycles. The molecule has 0 saturated heterocycles. The number of fused-ring (bicyclic) bond motifs is 1. The Labute approximate surface area is 168 Å². The lowest BCUT2D eigenvalue weighted by molar-refractivity contribution is -0.127. The quantitative estimate of drug-likeness (QED) is 0.703. The maximum atomic E-state index is 12.9.